The maximum absolute atomic E-state index is 13.1. The molecule has 1 aliphatic rings. The highest BCUT2D eigenvalue weighted by atomic mass is 16.7. The lowest BCUT2D eigenvalue weighted by Gasteiger charge is -2.13. The largest absolute Gasteiger partial charge is 0.506 e. The summed E-state index contributed by atoms with van der Waals surface area (Å²) in [7, 11) is 0. The number of carboxylic acid groups (broad SMARTS) is 1. The molecule has 0 saturated carbocycles. The Morgan fingerprint density at radius 3 is 2.66 bits per heavy atom. The van der Waals surface area contributed by atoms with E-state index in [1.54, 1.807) is 11.5 Å². The number of hydrogen-bond acceptors (Lipinski definition) is 5. The van der Waals surface area contributed by atoms with Crippen LogP contribution in [-0.2, 0) is 24.3 Å². The Hall–Kier alpha value is -3.19. The molecule has 7 heteroatoms. The van der Waals surface area contributed by atoms with Crippen LogP contribution in [0.2, 0.25) is 0 Å². The van der Waals surface area contributed by atoms with Crippen molar-refractivity contribution in [3.05, 3.63) is 62.9 Å². The summed E-state index contributed by atoms with van der Waals surface area (Å²) in [4.78, 5) is 28.8. The molecule has 0 radical (unpaired) electrons. The molecule has 2 aromatic heterocycles. The first-order valence-corrected chi connectivity index (χ1v) is 11.1. The molecule has 170 valence electrons. The van der Waals surface area contributed by atoms with E-state index in [-0.39, 0.29) is 12.2 Å². The van der Waals surface area contributed by atoms with Gasteiger partial charge in [0.2, 0.25) is 0 Å². The Morgan fingerprint density at radius 1 is 1.25 bits per heavy atom. The van der Waals surface area contributed by atoms with Crippen LogP contribution in [0.4, 0.5) is 4.79 Å². The van der Waals surface area contributed by atoms with Gasteiger partial charge in [-0.2, -0.15) is 0 Å². The fraction of sp³-hybridized carbons (Fsp3) is 0.400. The number of para-hydroxylation sites is 1. The minimum absolute atomic E-state index is 0.223. The van der Waals surface area contributed by atoms with Gasteiger partial charge in [0.1, 0.15) is 6.61 Å². The van der Waals surface area contributed by atoms with E-state index in [1.165, 1.54) is 5.56 Å². The average Bonchev–Trinajstić information content (AvgIpc) is 3.12. The molecule has 3 aromatic rings. The number of pyridine rings is 2. The van der Waals surface area contributed by atoms with E-state index in [0.717, 1.165) is 40.8 Å². The van der Waals surface area contributed by atoms with Crippen molar-refractivity contribution >= 4 is 17.1 Å². The quantitative estimate of drug-likeness (QED) is 0.432. The van der Waals surface area contributed by atoms with Gasteiger partial charge in [-0.1, -0.05) is 45.9 Å². The lowest BCUT2D eigenvalue weighted by Crippen LogP contribution is -2.26. The summed E-state index contributed by atoms with van der Waals surface area (Å²) in [5.41, 5.74) is 5.63. The van der Waals surface area contributed by atoms with Gasteiger partial charge in [0.15, 0.2) is 0 Å². The molecule has 2 N–H and O–H groups in total. The number of hydrogen-bond donors (Lipinski definition) is 2. The fourth-order valence-electron chi connectivity index (χ4n) is 4.11. The molecule has 0 bridgehead atoms. The zero-order valence-electron chi connectivity index (χ0n) is 19.4. The standard InChI is InChI=1S/C23H25N3O4.C2H6/c1-13(2)24-9-8-15-16-6-4-5-7-19(16)25-21-17(15)11-26-20(21)10-14(3)18(22(26)27)12-30-23(28)29;1-2/h4-7,10,13,24H,8-9,11-12H2,1-3H3,(H,28,29);1-2H3. The van der Waals surface area contributed by atoms with Gasteiger partial charge < -0.3 is 19.7 Å². The lowest BCUT2D eigenvalue weighted by atomic mass is 9.98. The third-order valence-corrected chi connectivity index (χ3v) is 5.56. The number of rotatable bonds is 6. The molecule has 0 fully saturated rings. The minimum Gasteiger partial charge on any atom is -0.450 e. The Labute approximate surface area is 188 Å². The van der Waals surface area contributed by atoms with E-state index in [1.807, 2.05) is 38.1 Å². The number of aryl methyl sites for hydroxylation is 1. The monoisotopic (exact) mass is 437 g/mol. The summed E-state index contributed by atoms with van der Waals surface area (Å²) in [6.45, 7) is 11.0. The van der Waals surface area contributed by atoms with E-state index in [4.69, 9.17) is 10.1 Å². The van der Waals surface area contributed by atoms with Crippen LogP contribution in [0.3, 0.4) is 0 Å². The molecule has 0 aliphatic carbocycles. The van der Waals surface area contributed by atoms with E-state index in [0.29, 0.717) is 23.7 Å². The number of aromatic nitrogens is 2. The summed E-state index contributed by atoms with van der Waals surface area (Å²) in [6, 6.07) is 10.4. The Kier molecular flexibility index (Phi) is 7.30. The summed E-state index contributed by atoms with van der Waals surface area (Å²) in [6.07, 6.45) is -0.560. The topological polar surface area (TPSA) is 93.5 Å². The van der Waals surface area contributed by atoms with E-state index in [9.17, 15) is 9.59 Å². The predicted octanol–water partition coefficient (Wildman–Crippen LogP) is 4.49. The van der Waals surface area contributed by atoms with Crippen LogP contribution in [-0.4, -0.2) is 33.4 Å². The van der Waals surface area contributed by atoms with Crippen molar-refractivity contribution in [2.24, 2.45) is 0 Å². The second-order valence-corrected chi connectivity index (χ2v) is 7.93. The van der Waals surface area contributed by atoms with Crippen molar-refractivity contribution in [1.82, 2.24) is 14.9 Å². The van der Waals surface area contributed by atoms with Gasteiger partial charge in [-0.05, 0) is 43.1 Å². The van der Waals surface area contributed by atoms with E-state index in [2.05, 4.69) is 30.0 Å². The van der Waals surface area contributed by atoms with Gasteiger partial charge in [-0.15, -0.1) is 0 Å². The van der Waals surface area contributed by atoms with Gasteiger partial charge in [0.25, 0.3) is 5.56 Å². The summed E-state index contributed by atoms with van der Waals surface area (Å²) in [5.74, 6) is 0. The van der Waals surface area contributed by atoms with Crippen molar-refractivity contribution in [2.45, 2.75) is 60.2 Å². The highest BCUT2D eigenvalue weighted by Gasteiger charge is 2.27. The van der Waals surface area contributed by atoms with Crippen LogP contribution in [0.15, 0.2) is 35.1 Å². The Bertz CT molecular complexity index is 1200. The maximum atomic E-state index is 13.1. The number of nitrogens with zero attached hydrogens (tertiary/aromatic N) is 2. The molecule has 7 nitrogen and oxygen atoms in total. The van der Waals surface area contributed by atoms with Crippen molar-refractivity contribution in [1.29, 1.82) is 0 Å². The molecule has 1 aromatic carbocycles. The lowest BCUT2D eigenvalue weighted by molar-refractivity contribution is 0.0848. The zero-order chi connectivity index (χ0) is 23.4. The number of nitrogens with one attached hydrogen (secondary N) is 1. The first kappa shape index (κ1) is 23.5. The van der Waals surface area contributed by atoms with Gasteiger partial charge in [0.05, 0.1) is 29.0 Å². The molecular formula is C25H31N3O4. The summed E-state index contributed by atoms with van der Waals surface area (Å²) in [5, 5.41) is 13.4. The molecule has 4 rings (SSSR count). The second-order valence-electron chi connectivity index (χ2n) is 7.93. The predicted molar refractivity (Wildman–Crippen MR) is 126 cm³/mol. The molecular weight excluding hydrogens is 406 g/mol. The van der Waals surface area contributed by atoms with Crippen molar-refractivity contribution in [3.63, 3.8) is 0 Å². The van der Waals surface area contributed by atoms with Crippen molar-refractivity contribution < 1.29 is 14.6 Å². The van der Waals surface area contributed by atoms with Gasteiger partial charge in [0, 0.05) is 17.0 Å². The Morgan fingerprint density at radius 2 is 1.97 bits per heavy atom. The van der Waals surface area contributed by atoms with Crippen LogP contribution in [0.25, 0.3) is 22.3 Å². The van der Waals surface area contributed by atoms with Crippen LogP contribution in [0.5, 0.6) is 0 Å². The van der Waals surface area contributed by atoms with E-state index < -0.39 is 6.16 Å². The average molecular weight is 438 g/mol. The molecule has 1 aliphatic heterocycles. The molecule has 0 spiro atoms. The smallest absolute Gasteiger partial charge is 0.450 e. The van der Waals surface area contributed by atoms with Crippen molar-refractivity contribution in [2.75, 3.05) is 6.54 Å². The number of fused-ring (bicyclic) bond motifs is 4. The normalized spacial score (nSPS) is 11.7. The van der Waals surface area contributed by atoms with E-state index >= 15 is 0 Å². The molecule has 0 unspecified atom stereocenters. The molecule has 0 atom stereocenters. The molecule has 3 heterocycles. The molecule has 0 saturated heterocycles. The third kappa shape index (κ3) is 4.53. The third-order valence-electron chi connectivity index (χ3n) is 5.56. The highest BCUT2D eigenvalue weighted by molar-refractivity contribution is 5.88. The zero-order valence-corrected chi connectivity index (χ0v) is 19.4. The summed E-state index contributed by atoms with van der Waals surface area (Å²) < 4.78 is 6.35. The van der Waals surface area contributed by atoms with Gasteiger partial charge in [-0.3, -0.25) is 4.79 Å². The molecule has 32 heavy (non-hydrogen) atoms. The van der Waals surface area contributed by atoms with Crippen molar-refractivity contribution in [3.8, 4) is 11.4 Å². The van der Waals surface area contributed by atoms with Crippen LogP contribution >= 0.6 is 0 Å². The maximum Gasteiger partial charge on any atom is 0.506 e. The SMILES string of the molecule is CC.Cc1cc2n(c(=O)c1COC(=O)O)Cc1c-2nc2ccccc2c1CCNC(C)C. The van der Waals surface area contributed by atoms with Crippen LogP contribution < -0.4 is 10.9 Å². The van der Waals surface area contributed by atoms with Crippen LogP contribution in [0.1, 0.15) is 49.9 Å². The first-order chi connectivity index (χ1) is 15.4. The minimum atomic E-state index is -1.39. The molecule has 0 amide bonds. The number of benzene rings is 1. The fourth-order valence-corrected chi connectivity index (χ4v) is 4.11. The highest BCUT2D eigenvalue weighted by Crippen LogP contribution is 2.36. The second kappa shape index (κ2) is 9.96. The van der Waals surface area contributed by atoms with Gasteiger partial charge in [-0.25, -0.2) is 9.78 Å². The number of carbonyl (C=O) groups is 1. The Balaban J connectivity index is 0.00000141. The van der Waals surface area contributed by atoms with Gasteiger partial charge >= 0.3 is 6.16 Å². The number of ether oxygens (including phenoxy) is 1. The summed E-state index contributed by atoms with van der Waals surface area (Å²) >= 11 is 0. The van der Waals surface area contributed by atoms with Crippen LogP contribution in [0, 0.1) is 6.92 Å². The first-order valence-electron chi connectivity index (χ1n) is 11.1.